The predicted octanol–water partition coefficient (Wildman–Crippen LogP) is -0.457. The van der Waals surface area contributed by atoms with E-state index < -0.39 is 31.1 Å². The number of aliphatic hydroxyl groups excluding tert-OH is 3. The SMILES string of the molecule is CCCc1cccc2c1C(=O)NC2=O.Nc1ncnc2c1ncn2[C@@H]1O[C@H](CO)[C@@H](O)[C@H]1O. The van der Waals surface area contributed by atoms with Gasteiger partial charge in [0.2, 0.25) is 0 Å². The first kappa shape index (κ1) is 22.7. The van der Waals surface area contributed by atoms with E-state index in [1.807, 2.05) is 19.1 Å². The Bertz CT molecular complexity index is 1200. The molecule has 1 fully saturated rings. The highest BCUT2D eigenvalue weighted by Gasteiger charge is 2.44. The van der Waals surface area contributed by atoms with Crippen LogP contribution >= 0.6 is 0 Å². The summed E-state index contributed by atoms with van der Waals surface area (Å²) in [5.41, 5.74) is 8.49. The molecule has 5 rings (SSSR count). The standard InChI is InChI=1S/C11H11NO2.C10H13N5O4/c1-2-4-7-5-3-6-8-9(7)11(14)12-10(8)13;11-8-5-9(13-2-12-8)15(3-14-5)10-7(18)6(17)4(1-16)19-10/h3,5-6H,2,4H2,1H3,(H,12,13,14);2-4,6-7,10,16-18H,1H2,(H2,11,12,13)/t;4-,6-,7-,10-/m.1/s1. The predicted molar refractivity (Wildman–Crippen MR) is 115 cm³/mol. The summed E-state index contributed by atoms with van der Waals surface area (Å²) in [5.74, 6) is -0.313. The van der Waals surface area contributed by atoms with Gasteiger partial charge in [0.05, 0.1) is 24.1 Å². The monoisotopic (exact) mass is 456 g/mol. The van der Waals surface area contributed by atoms with Crippen LogP contribution in [0.5, 0.6) is 0 Å². The summed E-state index contributed by atoms with van der Waals surface area (Å²) in [6, 6.07) is 5.41. The summed E-state index contributed by atoms with van der Waals surface area (Å²) >= 11 is 0. The number of hydrogen-bond donors (Lipinski definition) is 5. The smallest absolute Gasteiger partial charge is 0.259 e. The molecule has 2 amide bonds. The van der Waals surface area contributed by atoms with Crippen LogP contribution in [-0.4, -0.2) is 71.6 Å². The Kier molecular flexibility index (Phi) is 6.33. The molecule has 4 atom stereocenters. The Morgan fingerprint density at radius 2 is 1.94 bits per heavy atom. The van der Waals surface area contributed by atoms with Crippen LogP contribution in [-0.2, 0) is 11.2 Å². The van der Waals surface area contributed by atoms with Crippen molar-refractivity contribution in [1.29, 1.82) is 0 Å². The number of aromatic nitrogens is 4. The van der Waals surface area contributed by atoms with Crippen LogP contribution in [0.2, 0.25) is 0 Å². The van der Waals surface area contributed by atoms with Crippen molar-refractivity contribution in [3.63, 3.8) is 0 Å². The Balaban J connectivity index is 0.000000165. The van der Waals surface area contributed by atoms with Gasteiger partial charge in [0.15, 0.2) is 17.7 Å². The fourth-order valence-corrected chi connectivity index (χ4v) is 3.93. The van der Waals surface area contributed by atoms with Crippen molar-refractivity contribution in [3.05, 3.63) is 47.5 Å². The van der Waals surface area contributed by atoms with Crippen LogP contribution in [0.25, 0.3) is 11.2 Å². The van der Waals surface area contributed by atoms with E-state index in [4.69, 9.17) is 15.6 Å². The summed E-state index contributed by atoms with van der Waals surface area (Å²) in [4.78, 5) is 34.6. The maximum atomic E-state index is 11.4. The molecule has 12 nitrogen and oxygen atoms in total. The number of rotatable bonds is 4. The molecule has 6 N–H and O–H groups in total. The number of nitrogens with zero attached hydrogens (tertiary/aromatic N) is 4. The topological polar surface area (TPSA) is 186 Å². The number of carbonyl (C=O) groups is 2. The number of nitrogens with one attached hydrogen (secondary N) is 1. The van der Waals surface area contributed by atoms with Gasteiger partial charge < -0.3 is 25.8 Å². The zero-order valence-electron chi connectivity index (χ0n) is 17.8. The molecule has 0 radical (unpaired) electrons. The third-order valence-corrected chi connectivity index (χ3v) is 5.55. The van der Waals surface area contributed by atoms with Gasteiger partial charge in [-0.3, -0.25) is 19.5 Å². The zero-order valence-corrected chi connectivity index (χ0v) is 17.8. The molecule has 1 saturated heterocycles. The lowest BCUT2D eigenvalue weighted by Gasteiger charge is -2.16. The van der Waals surface area contributed by atoms with E-state index in [1.165, 1.54) is 17.2 Å². The molecular formula is C21H24N6O6. The fourth-order valence-electron chi connectivity index (χ4n) is 3.93. The van der Waals surface area contributed by atoms with Crippen LogP contribution in [0, 0.1) is 0 Å². The number of benzene rings is 1. The van der Waals surface area contributed by atoms with E-state index in [-0.39, 0.29) is 17.6 Å². The molecular weight excluding hydrogens is 432 g/mol. The molecule has 12 heteroatoms. The Labute approximate surface area is 188 Å². The summed E-state index contributed by atoms with van der Waals surface area (Å²) in [6.07, 6.45) is 0.384. The van der Waals surface area contributed by atoms with Gasteiger partial charge in [0, 0.05) is 0 Å². The zero-order chi connectivity index (χ0) is 23.7. The number of imidazole rings is 1. The third kappa shape index (κ3) is 4.04. The average molecular weight is 456 g/mol. The molecule has 2 aliphatic rings. The van der Waals surface area contributed by atoms with E-state index in [2.05, 4.69) is 20.3 Å². The molecule has 4 heterocycles. The number of fused-ring (bicyclic) bond motifs is 2. The van der Waals surface area contributed by atoms with Crippen LogP contribution in [0.4, 0.5) is 5.82 Å². The Morgan fingerprint density at radius 3 is 2.64 bits per heavy atom. The number of carbonyl (C=O) groups excluding carboxylic acids is 2. The number of ether oxygens (including phenoxy) is 1. The highest BCUT2D eigenvalue weighted by molar-refractivity contribution is 6.22. The Hall–Kier alpha value is -3.45. The van der Waals surface area contributed by atoms with E-state index in [0.29, 0.717) is 22.3 Å². The number of imide groups is 1. The molecule has 2 aliphatic heterocycles. The second-order valence-electron chi connectivity index (χ2n) is 7.68. The lowest BCUT2D eigenvalue weighted by Crippen LogP contribution is -2.33. The molecule has 0 aliphatic carbocycles. The van der Waals surface area contributed by atoms with Gasteiger partial charge in [-0.15, -0.1) is 0 Å². The van der Waals surface area contributed by atoms with Crippen molar-refractivity contribution in [2.24, 2.45) is 0 Å². The quantitative estimate of drug-likeness (QED) is 0.322. The van der Waals surface area contributed by atoms with Crippen molar-refractivity contribution in [2.45, 2.75) is 44.3 Å². The van der Waals surface area contributed by atoms with Crippen LogP contribution in [0.15, 0.2) is 30.9 Å². The van der Waals surface area contributed by atoms with Crippen molar-refractivity contribution >= 4 is 28.8 Å². The summed E-state index contributed by atoms with van der Waals surface area (Å²) in [6.45, 7) is 1.66. The van der Waals surface area contributed by atoms with Crippen molar-refractivity contribution in [2.75, 3.05) is 12.3 Å². The number of nitrogens with two attached hydrogens (primary N) is 1. The molecule has 1 aromatic carbocycles. The average Bonchev–Trinajstić information content (AvgIpc) is 3.45. The third-order valence-electron chi connectivity index (χ3n) is 5.55. The van der Waals surface area contributed by atoms with Gasteiger partial charge in [-0.05, 0) is 18.1 Å². The highest BCUT2D eigenvalue weighted by atomic mass is 16.6. The minimum absolute atomic E-state index is 0.218. The number of nitrogen functional groups attached to an aromatic ring is 1. The van der Waals surface area contributed by atoms with Crippen LogP contribution in [0.1, 0.15) is 45.9 Å². The molecule has 0 saturated carbocycles. The molecule has 2 aromatic heterocycles. The number of aryl methyl sites for hydroxylation is 1. The van der Waals surface area contributed by atoms with E-state index in [1.54, 1.807) is 6.07 Å². The van der Waals surface area contributed by atoms with E-state index in [0.717, 1.165) is 18.4 Å². The summed E-state index contributed by atoms with van der Waals surface area (Å²) in [5, 5.41) is 31.0. The minimum atomic E-state index is -1.19. The van der Waals surface area contributed by atoms with Gasteiger partial charge in [-0.25, -0.2) is 15.0 Å². The minimum Gasteiger partial charge on any atom is -0.394 e. The molecule has 0 unspecified atom stereocenters. The molecule has 33 heavy (non-hydrogen) atoms. The number of aliphatic hydroxyl groups is 3. The Morgan fingerprint density at radius 1 is 1.15 bits per heavy atom. The van der Waals surface area contributed by atoms with Crippen LogP contribution < -0.4 is 11.1 Å². The number of amides is 2. The second-order valence-corrected chi connectivity index (χ2v) is 7.68. The van der Waals surface area contributed by atoms with E-state index in [9.17, 15) is 19.8 Å². The van der Waals surface area contributed by atoms with Crippen LogP contribution in [0.3, 0.4) is 0 Å². The van der Waals surface area contributed by atoms with Gasteiger partial charge in [0.25, 0.3) is 11.8 Å². The van der Waals surface area contributed by atoms with Gasteiger partial charge in [0.1, 0.15) is 30.2 Å². The largest absolute Gasteiger partial charge is 0.394 e. The summed E-state index contributed by atoms with van der Waals surface area (Å²) < 4.78 is 6.85. The molecule has 3 aromatic rings. The maximum absolute atomic E-state index is 11.4. The van der Waals surface area contributed by atoms with Gasteiger partial charge in [-0.2, -0.15) is 0 Å². The highest BCUT2D eigenvalue weighted by Crippen LogP contribution is 2.31. The summed E-state index contributed by atoms with van der Waals surface area (Å²) in [7, 11) is 0. The van der Waals surface area contributed by atoms with E-state index >= 15 is 0 Å². The van der Waals surface area contributed by atoms with Gasteiger partial charge >= 0.3 is 0 Å². The molecule has 0 spiro atoms. The lowest BCUT2D eigenvalue weighted by molar-refractivity contribution is -0.0511. The van der Waals surface area contributed by atoms with Crippen molar-refractivity contribution in [3.8, 4) is 0 Å². The number of anilines is 1. The maximum Gasteiger partial charge on any atom is 0.259 e. The molecule has 174 valence electrons. The first-order valence-corrected chi connectivity index (χ1v) is 10.4. The number of hydrogen-bond acceptors (Lipinski definition) is 10. The van der Waals surface area contributed by atoms with Crippen molar-refractivity contribution < 1.29 is 29.6 Å². The normalized spacial score (nSPS) is 23.9. The molecule has 0 bridgehead atoms. The lowest BCUT2D eigenvalue weighted by atomic mass is 9.99. The van der Waals surface area contributed by atoms with Crippen molar-refractivity contribution in [1.82, 2.24) is 24.8 Å². The first-order chi connectivity index (χ1) is 15.9. The second kappa shape index (κ2) is 9.19. The first-order valence-electron chi connectivity index (χ1n) is 10.4. The van der Waals surface area contributed by atoms with Gasteiger partial charge in [-0.1, -0.05) is 25.5 Å². The fraction of sp³-hybridized carbons (Fsp3) is 0.381.